The number of anilines is 2. The maximum absolute atomic E-state index is 13.5. The van der Waals surface area contributed by atoms with E-state index < -0.39 is 10.8 Å². The number of fused-ring (bicyclic) bond motifs is 1. The first-order chi connectivity index (χ1) is 16.9. The largest absolute Gasteiger partial charge is 0.383 e. The van der Waals surface area contributed by atoms with Gasteiger partial charge in [-0.1, -0.05) is 11.3 Å². The van der Waals surface area contributed by atoms with Crippen molar-refractivity contribution >= 4 is 45.0 Å². The van der Waals surface area contributed by atoms with Crippen molar-refractivity contribution in [2.75, 3.05) is 30.5 Å². The van der Waals surface area contributed by atoms with Crippen molar-refractivity contribution < 1.29 is 18.8 Å². The highest BCUT2D eigenvalue weighted by molar-refractivity contribution is 7.17. The van der Waals surface area contributed by atoms with Crippen LogP contribution >= 0.6 is 11.3 Å². The molecule has 0 spiro atoms. The number of rotatable bonds is 7. The highest BCUT2D eigenvalue weighted by Crippen LogP contribution is 2.31. The van der Waals surface area contributed by atoms with Crippen LogP contribution in [0.15, 0.2) is 42.6 Å². The molecular formula is C22H20FN7O4S. The molecule has 1 saturated heterocycles. The van der Waals surface area contributed by atoms with E-state index in [1.54, 1.807) is 23.9 Å². The molecule has 0 bridgehead atoms. The van der Waals surface area contributed by atoms with Crippen LogP contribution in [0.1, 0.15) is 22.5 Å². The fourth-order valence-electron chi connectivity index (χ4n) is 4.07. The molecule has 4 heterocycles. The minimum Gasteiger partial charge on any atom is -0.383 e. The van der Waals surface area contributed by atoms with Gasteiger partial charge in [-0.3, -0.25) is 14.9 Å². The molecule has 13 heteroatoms. The van der Waals surface area contributed by atoms with Crippen LogP contribution in [0, 0.1) is 15.9 Å². The Morgan fingerprint density at radius 1 is 1.29 bits per heavy atom. The summed E-state index contributed by atoms with van der Waals surface area (Å²) in [7, 11) is 1.63. The van der Waals surface area contributed by atoms with Gasteiger partial charge in [0.25, 0.3) is 5.91 Å². The first kappa shape index (κ1) is 22.8. The Morgan fingerprint density at radius 3 is 2.80 bits per heavy atom. The second-order valence-electron chi connectivity index (χ2n) is 7.94. The lowest BCUT2D eigenvalue weighted by Crippen LogP contribution is -2.34. The Labute approximate surface area is 202 Å². The minimum absolute atomic E-state index is 0.0724. The molecule has 0 aliphatic carbocycles. The number of halogens is 1. The normalized spacial score (nSPS) is 15.6. The average molecular weight is 498 g/mol. The number of nitrogens with zero attached hydrogens (tertiary/aromatic N) is 6. The van der Waals surface area contributed by atoms with E-state index in [4.69, 9.17) is 9.72 Å². The number of methoxy groups -OCH3 is 1. The van der Waals surface area contributed by atoms with Crippen LogP contribution in [-0.4, -0.2) is 56.9 Å². The zero-order chi connectivity index (χ0) is 24.5. The Hall–Kier alpha value is -3.97. The van der Waals surface area contributed by atoms with E-state index in [1.807, 2.05) is 4.90 Å². The predicted octanol–water partition coefficient (Wildman–Crippen LogP) is 3.79. The molecule has 1 fully saturated rings. The lowest BCUT2D eigenvalue weighted by molar-refractivity contribution is -0.380. The molecule has 1 aliphatic rings. The Kier molecular flexibility index (Phi) is 6.09. The summed E-state index contributed by atoms with van der Waals surface area (Å²) in [5.74, 6) is -0.285. The Balaban J connectivity index is 1.59. The first-order valence-corrected chi connectivity index (χ1v) is 11.6. The number of aromatic nitrogens is 4. The number of thiophene rings is 1. The van der Waals surface area contributed by atoms with Gasteiger partial charge < -0.3 is 15.0 Å². The maximum Gasteiger partial charge on any atom is 0.324 e. The van der Waals surface area contributed by atoms with Gasteiger partial charge in [0.05, 0.1) is 39.7 Å². The lowest BCUT2D eigenvalue weighted by atomic mass is 10.2. The van der Waals surface area contributed by atoms with E-state index in [0.29, 0.717) is 35.8 Å². The van der Waals surface area contributed by atoms with Crippen molar-refractivity contribution in [3.63, 3.8) is 0 Å². The molecule has 1 unspecified atom stereocenters. The summed E-state index contributed by atoms with van der Waals surface area (Å²) < 4.78 is 20.4. The molecule has 1 aromatic carbocycles. The van der Waals surface area contributed by atoms with E-state index in [-0.39, 0.29) is 27.6 Å². The van der Waals surface area contributed by atoms with E-state index >= 15 is 0 Å². The molecule has 180 valence electrons. The van der Waals surface area contributed by atoms with Gasteiger partial charge in [0, 0.05) is 19.7 Å². The van der Waals surface area contributed by atoms with Crippen LogP contribution in [0.25, 0.3) is 16.7 Å². The van der Waals surface area contributed by atoms with Crippen molar-refractivity contribution in [3.05, 3.63) is 63.4 Å². The number of carbonyl (C=O) groups excluding carboxylic acids is 1. The summed E-state index contributed by atoms with van der Waals surface area (Å²) >= 11 is 0.776. The van der Waals surface area contributed by atoms with Crippen molar-refractivity contribution in [2.24, 2.45) is 0 Å². The van der Waals surface area contributed by atoms with Gasteiger partial charge in [0.2, 0.25) is 5.95 Å². The summed E-state index contributed by atoms with van der Waals surface area (Å²) in [6, 6.07) is 8.56. The third-order valence-electron chi connectivity index (χ3n) is 5.71. The molecule has 11 nitrogen and oxygen atoms in total. The molecule has 1 atom stereocenters. The Bertz CT molecular complexity index is 1400. The lowest BCUT2D eigenvalue weighted by Gasteiger charge is -2.24. The molecule has 3 aromatic heterocycles. The van der Waals surface area contributed by atoms with E-state index in [9.17, 15) is 19.3 Å². The zero-order valence-corrected chi connectivity index (χ0v) is 19.4. The van der Waals surface area contributed by atoms with Crippen molar-refractivity contribution in [2.45, 2.75) is 18.9 Å². The number of nitro groups is 1. The van der Waals surface area contributed by atoms with Crippen LogP contribution in [0.2, 0.25) is 0 Å². The van der Waals surface area contributed by atoms with Crippen LogP contribution in [-0.2, 0) is 4.74 Å². The van der Waals surface area contributed by atoms with Gasteiger partial charge in [-0.25, -0.2) is 9.07 Å². The fraction of sp³-hybridized carbons (Fsp3) is 0.273. The summed E-state index contributed by atoms with van der Waals surface area (Å²) in [4.78, 5) is 35.0. The molecular weight excluding hydrogens is 477 g/mol. The fourth-order valence-corrected chi connectivity index (χ4v) is 4.79. The third kappa shape index (κ3) is 4.42. The molecule has 1 amide bonds. The molecule has 5 rings (SSSR count). The number of carbonyl (C=O) groups is 1. The van der Waals surface area contributed by atoms with Crippen molar-refractivity contribution in [1.29, 1.82) is 0 Å². The number of nitrogens with one attached hydrogen (secondary N) is 1. The molecule has 0 radical (unpaired) electrons. The zero-order valence-electron chi connectivity index (χ0n) is 18.5. The molecule has 1 N–H and O–H groups in total. The minimum atomic E-state index is -0.543. The van der Waals surface area contributed by atoms with Crippen LogP contribution < -0.4 is 10.2 Å². The van der Waals surface area contributed by atoms with E-state index in [0.717, 1.165) is 24.2 Å². The topological polar surface area (TPSA) is 128 Å². The number of hydrogen-bond donors (Lipinski definition) is 1. The average Bonchev–Trinajstić information content (AvgIpc) is 3.59. The maximum atomic E-state index is 13.5. The summed E-state index contributed by atoms with van der Waals surface area (Å²) in [5, 5.41) is 18.5. The van der Waals surface area contributed by atoms with Crippen LogP contribution in [0.4, 0.5) is 21.2 Å². The van der Waals surface area contributed by atoms with E-state index in [1.165, 1.54) is 30.5 Å². The van der Waals surface area contributed by atoms with Crippen molar-refractivity contribution in [3.8, 4) is 5.69 Å². The monoisotopic (exact) mass is 497 g/mol. The first-order valence-electron chi connectivity index (χ1n) is 10.8. The second-order valence-corrected chi connectivity index (χ2v) is 9.00. The quantitative estimate of drug-likeness (QED) is 0.302. The molecule has 0 saturated carbocycles. The van der Waals surface area contributed by atoms with Gasteiger partial charge in [-0.15, -0.1) is 0 Å². The molecule has 35 heavy (non-hydrogen) atoms. The highest BCUT2D eigenvalue weighted by atomic mass is 32.1. The van der Waals surface area contributed by atoms with Crippen molar-refractivity contribution in [1.82, 2.24) is 19.7 Å². The smallest absolute Gasteiger partial charge is 0.324 e. The van der Waals surface area contributed by atoms with Gasteiger partial charge in [-0.05, 0) is 43.2 Å². The third-order valence-corrected chi connectivity index (χ3v) is 6.74. The predicted molar refractivity (Wildman–Crippen MR) is 128 cm³/mol. The summed E-state index contributed by atoms with van der Waals surface area (Å²) in [6.07, 6.45) is 3.37. The van der Waals surface area contributed by atoms with Gasteiger partial charge >= 0.3 is 5.00 Å². The number of ether oxygens (including phenoxy) is 1. The van der Waals surface area contributed by atoms with E-state index in [2.05, 4.69) is 15.4 Å². The number of hydrogen-bond acceptors (Lipinski definition) is 9. The second kappa shape index (κ2) is 9.35. The van der Waals surface area contributed by atoms with Gasteiger partial charge in [0.15, 0.2) is 5.65 Å². The molecule has 1 aliphatic heterocycles. The SMILES string of the molecule is COCC1CCCN1c1nc(NC(=O)c2ccc([N+](=O)[O-])s2)c2cnn(-c3ccc(F)cc3)c2n1. The summed E-state index contributed by atoms with van der Waals surface area (Å²) in [5.41, 5.74) is 1.02. The number of benzene rings is 1. The van der Waals surface area contributed by atoms with Crippen LogP contribution in [0.3, 0.4) is 0 Å². The summed E-state index contributed by atoms with van der Waals surface area (Å²) in [6.45, 7) is 1.22. The number of amides is 1. The highest BCUT2D eigenvalue weighted by Gasteiger charge is 2.29. The standard InChI is InChI=1S/C22H20FN7O4S/c1-34-12-15-3-2-10-28(15)22-26-19(25-21(31)17-8-9-18(35-17)30(32)33)16-11-24-29(20(16)27-22)14-6-4-13(23)5-7-14/h4-9,11,15H,2-3,10,12H2,1H3,(H,25,26,27,31). The Morgan fingerprint density at radius 2 is 2.09 bits per heavy atom. The van der Waals surface area contributed by atoms with Gasteiger partial charge in [-0.2, -0.15) is 15.1 Å². The van der Waals surface area contributed by atoms with Crippen LogP contribution in [0.5, 0.6) is 0 Å². The molecule has 4 aromatic rings. The van der Waals surface area contributed by atoms with Gasteiger partial charge in [0.1, 0.15) is 11.6 Å².